The summed E-state index contributed by atoms with van der Waals surface area (Å²) in [5.41, 5.74) is 11.6. The fourth-order valence-electron chi connectivity index (χ4n) is 7.17. The van der Waals surface area contributed by atoms with Crippen LogP contribution >= 0.6 is 0 Å². The van der Waals surface area contributed by atoms with Gasteiger partial charge in [0.25, 0.3) is 0 Å². The van der Waals surface area contributed by atoms with Crippen molar-refractivity contribution in [2.75, 3.05) is 0 Å². The second-order valence-corrected chi connectivity index (χ2v) is 12.8. The number of aromatic nitrogens is 3. The Labute approximate surface area is 294 Å². The van der Waals surface area contributed by atoms with Crippen molar-refractivity contribution in [2.45, 2.75) is 0 Å². The molecule has 0 bridgehead atoms. The largest absolute Gasteiger partial charge is 0.455 e. The molecule has 10 aromatic rings. The maximum absolute atomic E-state index is 6.58. The number of benzene rings is 7. The molecule has 0 saturated heterocycles. The highest BCUT2D eigenvalue weighted by Gasteiger charge is 2.19. The second-order valence-electron chi connectivity index (χ2n) is 12.8. The van der Waals surface area contributed by atoms with Crippen LogP contribution in [0.1, 0.15) is 0 Å². The van der Waals surface area contributed by atoms with Crippen LogP contribution in [0.15, 0.2) is 180 Å². The first-order valence-corrected chi connectivity index (χ1v) is 17.1. The van der Waals surface area contributed by atoms with Gasteiger partial charge in [-0.1, -0.05) is 152 Å². The molecule has 0 aliphatic rings. The molecule has 3 heterocycles. The molecule has 238 valence electrons. The van der Waals surface area contributed by atoms with Crippen LogP contribution in [-0.4, -0.2) is 15.0 Å². The summed E-state index contributed by atoms with van der Waals surface area (Å²) in [6, 6.07) is 60.7. The molecule has 0 fully saturated rings. The first-order chi connectivity index (χ1) is 25.3. The molecule has 0 unspecified atom stereocenters. The van der Waals surface area contributed by atoms with Gasteiger partial charge in [0.2, 0.25) is 0 Å². The molecule has 0 atom stereocenters. The van der Waals surface area contributed by atoms with Crippen molar-refractivity contribution in [3.8, 4) is 56.3 Å². The average molecular weight is 652 g/mol. The van der Waals surface area contributed by atoms with E-state index in [9.17, 15) is 0 Å². The van der Waals surface area contributed by atoms with E-state index in [0.717, 1.165) is 83.3 Å². The number of furan rings is 1. The Morgan fingerprint density at radius 3 is 1.75 bits per heavy atom. The summed E-state index contributed by atoms with van der Waals surface area (Å²) in [5, 5.41) is 5.45. The third kappa shape index (κ3) is 5.04. The van der Waals surface area contributed by atoms with E-state index in [4.69, 9.17) is 19.4 Å². The van der Waals surface area contributed by atoms with E-state index in [-0.39, 0.29) is 0 Å². The Bertz CT molecular complexity index is 2830. The van der Waals surface area contributed by atoms with Gasteiger partial charge in [-0.25, -0.2) is 15.0 Å². The van der Waals surface area contributed by atoms with Crippen molar-refractivity contribution in [3.05, 3.63) is 176 Å². The number of hydrogen-bond acceptors (Lipinski definition) is 4. The van der Waals surface area contributed by atoms with Gasteiger partial charge in [0.15, 0.2) is 5.82 Å². The third-order valence-electron chi connectivity index (χ3n) is 9.69. The summed E-state index contributed by atoms with van der Waals surface area (Å²) < 4.78 is 6.58. The van der Waals surface area contributed by atoms with Gasteiger partial charge in [0.05, 0.1) is 28.0 Å². The average Bonchev–Trinajstić information content (AvgIpc) is 3.61. The van der Waals surface area contributed by atoms with E-state index in [1.54, 1.807) is 0 Å². The van der Waals surface area contributed by atoms with Crippen LogP contribution in [-0.2, 0) is 0 Å². The molecule has 0 spiro atoms. The zero-order valence-electron chi connectivity index (χ0n) is 27.5. The highest BCUT2D eigenvalue weighted by Crippen LogP contribution is 2.42. The molecule has 4 nitrogen and oxygen atoms in total. The molecule has 0 N–H and O–H groups in total. The van der Waals surface area contributed by atoms with Gasteiger partial charge < -0.3 is 4.42 Å². The Balaban J connectivity index is 1.10. The van der Waals surface area contributed by atoms with E-state index in [1.807, 2.05) is 48.5 Å². The standard InChI is InChI=1S/C47H29N3O/c1-3-13-32(14-4-1)40-29-41(33-15-5-2-6-16-33)50-47(49-40)34-24-22-30(23-25-34)35-26-27-38-42(28-35)48-45(37-20-11-17-31-12-7-8-18-36(31)37)44-39-19-9-10-21-43(39)51-46(38)44/h1-29H. The molecule has 0 radical (unpaired) electrons. The second kappa shape index (κ2) is 11.9. The molecule has 0 amide bonds. The fourth-order valence-corrected chi connectivity index (χ4v) is 7.17. The molecule has 0 aliphatic heterocycles. The van der Waals surface area contributed by atoms with E-state index >= 15 is 0 Å². The predicted octanol–water partition coefficient (Wildman–Crippen LogP) is 12.4. The minimum absolute atomic E-state index is 0.689. The Hall–Kier alpha value is -6.91. The number of rotatable bonds is 5. The van der Waals surface area contributed by atoms with Crippen molar-refractivity contribution in [1.82, 2.24) is 15.0 Å². The highest BCUT2D eigenvalue weighted by atomic mass is 16.3. The Morgan fingerprint density at radius 2 is 1.00 bits per heavy atom. The van der Waals surface area contributed by atoms with Gasteiger partial charge in [-0.3, -0.25) is 0 Å². The SMILES string of the molecule is c1ccc(-c2cc(-c3ccccc3)nc(-c3ccc(-c4ccc5c(c4)nc(-c4cccc6ccccc46)c4c6ccccc6oc54)cc3)n2)cc1. The first-order valence-electron chi connectivity index (χ1n) is 17.1. The Kier molecular flexibility index (Phi) is 6.78. The van der Waals surface area contributed by atoms with Crippen LogP contribution in [0.3, 0.4) is 0 Å². The highest BCUT2D eigenvalue weighted by molar-refractivity contribution is 6.21. The normalized spacial score (nSPS) is 11.5. The minimum Gasteiger partial charge on any atom is -0.455 e. The molecule has 7 aromatic carbocycles. The van der Waals surface area contributed by atoms with Crippen LogP contribution in [0, 0.1) is 0 Å². The van der Waals surface area contributed by atoms with Gasteiger partial charge >= 0.3 is 0 Å². The summed E-state index contributed by atoms with van der Waals surface area (Å²) in [4.78, 5) is 15.4. The monoisotopic (exact) mass is 651 g/mol. The van der Waals surface area contributed by atoms with Gasteiger partial charge in [0, 0.05) is 33.0 Å². The molecule has 10 rings (SSSR count). The van der Waals surface area contributed by atoms with E-state index in [0.29, 0.717) is 5.82 Å². The maximum atomic E-state index is 6.58. The molecule has 51 heavy (non-hydrogen) atoms. The van der Waals surface area contributed by atoms with Crippen LogP contribution in [0.4, 0.5) is 0 Å². The summed E-state index contributed by atoms with van der Waals surface area (Å²) in [6.07, 6.45) is 0. The quantitative estimate of drug-likeness (QED) is 0.186. The van der Waals surface area contributed by atoms with Crippen LogP contribution in [0.2, 0.25) is 0 Å². The van der Waals surface area contributed by atoms with Gasteiger partial charge in [-0.2, -0.15) is 0 Å². The summed E-state index contributed by atoms with van der Waals surface area (Å²) >= 11 is 0. The minimum atomic E-state index is 0.689. The number of nitrogens with zero attached hydrogens (tertiary/aromatic N) is 3. The topological polar surface area (TPSA) is 51.8 Å². The van der Waals surface area contributed by atoms with E-state index in [1.165, 1.54) is 10.8 Å². The summed E-state index contributed by atoms with van der Waals surface area (Å²) in [6.45, 7) is 0. The van der Waals surface area contributed by atoms with Gasteiger partial charge in [-0.05, 0) is 46.2 Å². The number of pyridine rings is 1. The van der Waals surface area contributed by atoms with Crippen LogP contribution in [0.25, 0.3) is 99.9 Å². The fraction of sp³-hybridized carbons (Fsp3) is 0. The van der Waals surface area contributed by atoms with Crippen molar-refractivity contribution in [2.24, 2.45) is 0 Å². The molecular formula is C47H29N3O. The van der Waals surface area contributed by atoms with Crippen molar-refractivity contribution in [3.63, 3.8) is 0 Å². The van der Waals surface area contributed by atoms with Crippen LogP contribution in [0.5, 0.6) is 0 Å². The third-order valence-corrected chi connectivity index (χ3v) is 9.69. The number of hydrogen-bond donors (Lipinski definition) is 0. The lowest BCUT2D eigenvalue weighted by atomic mass is 9.96. The number of para-hydroxylation sites is 1. The van der Waals surface area contributed by atoms with Crippen molar-refractivity contribution >= 4 is 43.6 Å². The zero-order chi connectivity index (χ0) is 33.7. The molecule has 0 aliphatic carbocycles. The van der Waals surface area contributed by atoms with Crippen molar-refractivity contribution in [1.29, 1.82) is 0 Å². The maximum Gasteiger partial charge on any atom is 0.160 e. The zero-order valence-corrected chi connectivity index (χ0v) is 27.5. The molecule has 3 aromatic heterocycles. The van der Waals surface area contributed by atoms with Crippen LogP contribution < -0.4 is 0 Å². The summed E-state index contributed by atoms with van der Waals surface area (Å²) in [5.74, 6) is 0.689. The smallest absolute Gasteiger partial charge is 0.160 e. The van der Waals surface area contributed by atoms with E-state index < -0.39 is 0 Å². The molecular weight excluding hydrogens is 623 g/mol. The lowest BCUT2D eigenvalue weighted by Gasteiger charge is -2.11. The van der Waals surface area contributed by atoms with Gasteiger partial charge in [-0.15, -0.1) is 0 Å². The predicted molar refractivity (Wildman–Crippen MR) is 209 cm³/mol. The first kappa shape index (κ1) is 29.0. The molecule has 0 saturated carbocycles. The molecule has 4 heteroatoms. The lowest BCUT2D eigenvalue weighted by molar-refractivity contribution is 0.672. The lowest BCUT2D eigenvalue weighted by Crippen LogP contribution is -1.96. The van der Waals surface area contributed by atoms with E-state index in [2.05, 4.69) is 127 Å². The van der Waals surface area contributed by atoms with Crippen molar-refractivity contribution < 1.29 is 4.42 Å². The van der Waals surface area contributed by atoms with Gasteiger partial charge in [0.1, 0.15) is 11.2 Å². The number of fused-ring (bicyclic) bond motifs is 6. The Morgan fingerprint density at radius 1 is 0.392 bits per heavy atom. The summed E-state index contributed by atoms with van der Waals surface area (Å²) in [7, 11) is 0.